The van der Waals surface area contributed by atoms with Crippen LogP contribution in [-0.2, 0) is 0 Å². The number of nitrogens with one attached hydrogen (secondary N) is 2. The molecule has 0 saturated heterocycles. The lowest BCUT2D eigenvalue weighted by Gasteiger charge is -2.06. The van der Waals surface area contributed by atoms with E-state index in [1.807, 2.05) is 13.0 Å². The van der Waals surface area contributed by atoms with E-state index in [-0.39, 0.29) is 5.91 Å². The molecule has 1 heterocycles. The summed E-state index contributed by atoms with van der Waals surface area (Å²) >= 11 is 0. The summed E-state index contributed by atoms with van der Waals surface area (Å²) in [5.74, 6) is -0.234. The fourth-order valence-electron chi connectivity index (χ4n) is 1.38. The van der Waals surface area contributed by atoms with E-state index in [4.69, 9.17) is 5.73 Å². The van der Waals surface area contributed by atoms with Crippen LogP contribution in [0.5, 0.6) is 0 Å². The van der Waals surface area contributed by atoms with Gasteiger partial charge in [0.2, 0.25) is 0 Å². The number of aromatic amines is 1. The Labute approximate surface area is 92.7 Å². The molecule has 0 aliphatic carbocycles. The number of hydrogen-bond acceptors (Lipinski definition) is 3. The number of aromatic nitrogens is 2. The second-order valence-corrected chi connectivity index (χ2v) is 3.53. The molecular formula is C11H12N4O. The number of carbonyl (C=O) groups excluding carboxylic acids is 1. The van der Waals surface area contributed by atoms with Gasteiger partial charge in [0.05, 0.1) is 17.4 Å². The molecule has 1 aromatic heterocycles. The number of amides is 1. The first-order valence-corrected chi connectivity index (χ1v) is 4.83. The molecule has 0 atom stereocenters. The Hall–Kier alpha value is -2.30. The normalized spacial score (nSPS) is 10.1. The summed E-state index contributed by atoms with van der Waals surface area (Å²) in [4.78, 5) is 11.9. The van der Waals surface area contributed by atoms with Gasteiger partial charge in [-0.2, -0.15) is 5.10 Å². The average Bonchev–Trinajstić information content (AvgIpc) is 2.74. The zero-order chi connectivity index (χ0) is 11.5. The van der Waals surface area contributed by atoms with Crippen LogP contribution in [0.3, 0.4) is 0 Å². The molecule has 1 aromatic carbocycles. The number of aryl methyl sites for hydroxylation is 1. The molecule has 16 heavy (non-hydrogen) atoms. The van der Waals surface area contributed by atoms with Crippen LogP contribution in [0.25, 0.3) is 0 Å². The zero-order valence-corrected chi connectivity index (χ0v) is 8.82. The number of benzene rings is 1. The first-order chi connectivity index (χ1) is 7.66. The van der Waals surface area contributed by atoms with Crippen LogP contribution in [0.4, 0.5) is 11.4 Å². The molecule has 0 saturated carbocycles. The molecule has 1 amide bonds. The fraction of sp³-hybridized carbons (Fsp3) is 0.0909. The van der Waals surface area contributed by atoms with E-state index in [0.29, 0.717) is 16.9 Å². The Morgan fingerprint density at radius 3 is 3.00 bits per heavy atom. The molecule has 5 nitrogen and oxygen atoms in total. The van der Waals surface area contributed by atoms with Crippen molar-refractivity contribution < 1.29 is 4.79 Å². The molecule has 0 fully saturated rings. The lowest BCUT2D eigenvalue weighted by molar-refractivity contribution is 0.102. The smallest absolute Gasteiger partial charge is 0.257 e. The third-order valence-corrected chi connectivity index (χ3v) is 2.21. The molecule has 0 aliphatic heterocycles. The Morgan fingerprint density at radius 1 is 1.50 bits per heavy atom. The molecule has 82 valence electrons. The minimum atomic E-state index is -0.234. The maximum absolute atomic E-state index is 11.9. The van der Waals surface area contributed by atoms with Gasteiger partial charge in [0.1, 0.15) is 0 Å². The van der Waals surface area contributed by atoms with Crippen molar-refractivity contribution in [2.24, 2.45) is 0 Å². The second kappa shape index (κ2) is 4.06. The monoisotopic (exact) mass is 216 g/mol. The van der Waals surface area contributed by atoms with E-state index >= 15 is 0 Å². The van der Waals surface area contributed by atoms with Gasteiger partial charge in [0.25, 0.3) is 5.91 Å². The Kier molecular flexibility index (Phi) is 2.59. The quantitative estimate of drug-likeness (QED) is 0.666. The topological polar surface area (TPSA) is 83.8 Å². The van der Waals surface area contributed by atoms with Gasteiger partial charge in [-0.1, -0.05) is 11.6 Å². The van der Waals surface area contributed by atoms with Gasteiger partial charge in [-0.3, -0.25) is 9.89 Å². The number of hydrogen-bond donors (Lipinski definition) is 3. The number of rotatable bonds is 2. The predicted molar refractivity (Wildman–Crippen MR) is 62.1 cm³/mol. The number of carbonyl (C=O) groups is 1. The van der Waals surface area contributed by atoms with Crippen LogP contribution in [0, 0.1) is 6.92 Å². The van der Waals surface area contributed by atoms with Crippen LogP contribution in [-0.4, -0.2) is 16.1 Å². The summed E-state index contributed by atoms with van der Waals surface area (Å²) in [5, 5.41) is 9.05. The van der Waals surface area contributed by atoms with Crippen molar-refractivity contribution in [1.82, 2.24) is 10.2 Å². The van der Waals surface area contributed by atoms with Crippen molar-refractivity contribution >= 4 is 17.3 Å². The first-order valence-electron chi connectivity index (χ1n) is 4.83. The highest BCUT2D eigenvalue weighted by Gasteiger charge is 2.10. The summed E-state index contributed by atoms with van der Waals surface area (Å²) in [5.41, 5.74) is 8.28. The minimum Gasteiger partial charge on any atom is -0.398 e. The molecule has 2 rings (SSSR count). The van der Waals surface area contributed by atoms with Crippen molar-refractivity contribution in [2.45, 2.75) is 6.92 Å². The van der Waals surface area contributed by atoms with E-state index < -0.39 is 0 Å². The van der Waals surface area contributed by atoms with Crippen LogP contribution < -0.4 is 11.1 Å². The summed E-state index contributed by atoms with van der Waals surface area (Å²) in [6.45, 7) is 1.91. The van der Waals surface area contributed by atoms with E-state index in [1.165, 1.54) is 6.20 Å². The SMILES string of the molecule is Cc1ccc(N)c(C(=O)Nc2cn[nH]c2)c1. The number of nitrogens with two attached hydrogens (primary N) is 1. The standard InChI is InChI=1S/C11H12N4O/c1-7-2-3-10(12)9(4-7)11(16)15-8-5-13-14-6-8/h2-6H,12H2,1H3,(H,13,14)(H,15,16). The molecule has 0 radical (unpaired) electrons. The van der Waals surface area contributed by atoms with Gasteiger partial charge in [0.15, 0.2) is 0 Å². The van der Waals surface area contributed by atoms with Gasteiger partial charge >= 0.3 is 0 Å². The maximum Gasteiger partial charge on any atom is 0.257 e. The molecule has 0 unspecified atom stereocenters. The number of nitrogens with zero attached hydrogens (tertiary/aromatic N) is 1. The third-order valence-electron chi connectivity index (χ3n) is 2.21. The molecule has 0 bridgehead atoms. The third kappa shape index (κ3) is 2.03. The summed E-state index contributed by atoms with van der Waals surface area (Å²) in [6.07, 6.45) is 3.13. The lowest BCUT2D eigenvalue weighted by Crippen LogP contribution is -2.13. The summed E-state index contributed by atoms with van der Waals surface area (Å²) < 4.78 is 0. The predicted octanol–water partition coefficient (Wildman–Crippen LogP) is 1.55. The van der Waals surface area contributed by atoms with E-state index in [2.05, 4.69) is 15.5 Å². The summed E-state index contributed by atoms with van der Waals surface area (Å²) in [6, 6.07) is 5.34. The average molecular weight is 216 g/mol. The Morgan fingerprint density at radius 2 is 2.31 bits per heavy atom. The van der Waals surface area contributed by atoms with Crippen LogP contribution >= 0.6 is 0 Å². The van der Waals surface area contributed by atoms with Crippen LogP contribution in [0.2, 0.25) is 0 Å². The fourth-order valence-corrected chi connectivity index (χ4v) is 1.38. The molecule has 4 N–H and O–H groups in total. The van der Waals surface area contributed by atoms with Gasteiger partial charge in [-0.15, -0.1) is 0 Å². The van der Waals surface area contributed by atoms with Crippen molar-refractivity contribution in [3.05, 3.63) is 41.7 Å². The minimum absolute atomic E-state index is 0.234. The molecule has 5 heteroatoms. The van der Waals surface area contributed by atoms with Gasteiger partial charge in [-0.05, 0) is 19.1 Å². The van der Waals surface area contributed by atoms with Crippen molar-refractivity contribution in [1.29, 1.82) is 0 Å². The Balaban J connectivity index is 2.24. The van der Waals surface area contributed by atoms with Crippen molar-refractivity contribution in [3.8, 4) is 0 Å². The highest BCUT2D eigenvalue weighted by molar-refractivity contribution is 6.07. The highest BCUT2D eigenvalue weighted by Crippen LogP contribution is 2.15. The van der Waals surface area contributed by atoms with Gasteiger partial charge < -0.3 is 11.1 Å². The highest BCUT2D eigenvalue weighted by atomic mass is 16.1. The number of nitrogen functional groups attached to an aromatic ring is 1. The van der Waals surface area contributed by atoms with Gasteiger partial charge in [0, 0.05) is 11.9 Å². The van der Waals surface area contributed by atoms with E-state index in [1.54, 1.807) is 18.3 Å². The van der Waals surface area contributed by atoms with Gasteiger partial charge in [-0.25, -0.2) is 0 Å². The lowest BCUT2D eigenvalue weighted by atomic mass is 10.1. The second-order valence-electron chi connectivity index (χ2n) is 3.53. The van der Waals surface area contributed by atoms with Crippen molar-refractivity contribution in [3.63, 3.8) is 0 Å². The maximum atomic E-state index is 11.9. The number of H-pyrrole nitrogens is 1. The summed E-state index contributed by atoms with van der Waals surface area (Å²) in [7, 11) is 0. The molecule has 0 aliphatic rings. The molecular weight excluding hydrogens is 204 g/mol. The number of anilines is 2. The van der Waals surface area contributed by atoms with Crippen LogP contribution in [0.1, 0.15) is 15.9 Å². The van der Waals surface area contributed by atoms with E-state index in [0.717, 1.165) is 5.56 Å². The zero-order valence-electron chi connectivity index (χ0n) is 8.82. The van der Waals surface area contributed by atoms with Crippen LogP contribution in [0.15, 0.2) is 30.6 Å². The first kappa shape index (κ1) is 10.2. The largest absolute Gasteiger partial charge is 0.398 e. The van der Waals surface area contributed by atoms with E-state index in [9.17, 15) is 4.79 Å². The molecule has 0 spiro atoms. The van der Waals surface area contributed by atoms with Crippen molar-refractivity contribution in [2.75, 3.05) is 11.1 Å². The Bertz CT molecular complexity index is 505. The molecule has 2 aromatic rings.